The molecule has 0 aliphatic rings. The van der Waals surface area contributed by atoms with E-state index in [1.807, 2.05) is 31.2 Å². The summed E-state index contributed by atoms with van der Waals surface area (Å²) in [4.78, 5) is 10.4. The summed E-state index contributed by atoms with van der Waals surface area (Å²) in [5.74, 6) is 0.815. The zero-order valence-corrected chi connectivity index (χ0v) is 13.1. The van der Waals surface area contributed by atoms with Gasteiger partial charge in [-0.1, -0.05) is 12.1 Å². The predicted octanol–water partition coefficient (Wildman–Crippen LogP) is 4.37. The van der Waals surface area contributed by atoms with Crippen LogP contribution < -0.4 is 10.1 Å². The van der Waals surface area contributed by atoms with E-state index >= 15 is 0 Å². The first-order valence-corrected chi connectivity index (χ1v) is 7.29. The molecular weight excluding hydrogens is 336 g/mol. The van der Waals surface area contributed by atoms with Crippen LogP contribution >= 0.6 is 15.9 Å². The largest absolute Gasteiger partial charge is 0.494 e. The second-order valence-corrected chi connectivity index (χ2v) is 5.21. The highest BCUT2D eigenvalue weighted by Crippen LogP contribution is 2.27. The first-order valence-electron chi connectivity index (χ1n) is 6.49. The van der Waals surface area contributed by atoms with E-state index in [0.717, 1.165) is 15.8 Å². The standard InChI is InChI=1S/C15H15BrN2O3/c1-2-21-13-5-3-4-11(8-13)10-17-15-9-12(18(19)20)6-7-14(15)16/h3-9,17H,2,10H2,1H3. The van der Waals surface area contributed by atoms with E-state index in [9.17, 15) is 10.1 Å². The summed E-state index contributed by atoms with van der Waals surface area (Å²) in [5.41, 5.74) is 1.79. The van der Waals surface area contributed by atoms with E-state index in [1.165, 1.54) is 12.1 Å². The molecule has 0 aromatic heterocycles. The van der Waals surface area contributed by atoms with Gasteiger partial charge in [0.05, 0.1) is 17.2 Å². The quantitative estimate of drug-likeness (QED) is 0.620. The fourth-order valence-electron chi connectivity index (χ4n) is 1.87. The zero-order valence-electron chi connectivity index (χ0n) is 11.5. The van der Waals surface area contributed by atoms with Crippen molar-refractivity contribution in [1.82, 2.24) is 0 Å². The number of nitrogens with one attached hydrogen (secondary N) is 1. The third-order valence-electron chi connectivity index (χ3n) is 2.85. The van der Waals surface area contributed by atoms with Gasteiger partial charge < -0.3 is 10.1 Å². The van der Waals surface area contributed by atoms with Crippen LogP contribution in [0.15, 0.2) is 46.9 Å². The molecule has 0 amide bonds. The van der Waals surface area contributed by atoms with Crippen LogP contribution in [0.5, 0.6) is 5.75 Å². The molecule has 0 aliphatic carbocycles. The molecule has 0 radical (unpaired) electrons. The number of nitro groups is 1. The van der Waals surface area contributed by atoms with Gasteiger partial charge in [-0.3, -0.25) is 10.1 Å². The molecule has 0 bridgehead atoms. The Morgan fingerprint density at radius 2 is 2.10 bits per heavy atom. The summed E-state index contributed by atoms with van der Waals surface area (Å²) < 4.78 is 6.23. The summed E-state index contributed by atoms with van der Waals surface area (Å²) in [5, 5.41) is 14.0. The Morgan fingerprint density at radius 3 is 2.81 bits per heavy atom. The minimum atomic E-state index is -0.409. The Morgan fingerprint density at radius 1 is 1.29 bits per heavy atom. The number of ether oxygens (including phenoxy) is 1. The number of non-ortho nitro benzene ring substituents is 1. The molecule has 0 unspecified atom stereocenters. The van der Waals surface area contributed by atoms with Gasteiger partial charge in [0.15, 0.2) is 0 Å². The molecule has 0 aliphatic heterocycles. The van der Waals surface area contributed by atoms with Crippen LogP contribution in [0.4, 0.5) is 11.4 Å². The fourth-order valence-corrected chi connectivity index (χ4v) is 2.26. The molecule has 0 fully saturated rings. The van der Waals surface area contributed by atoms with Crippen LogP contribution in [0.1, 0.15) is 12.5 Å². The second-order valence-electron chi connectivity index (χ2n) is 4.36. The maximum absolute atomic E-state index is 10.8. The normalized spacial score (nSPS) is 10.2. The first-order chi connectivity index (χ1) is 10.1. The lowest BCUT2D eigenvalue weighted by atomic mass is 10.2. The Balaban J connectivity index is 2.10. The highest BCUT2D eigenvalue weighted by molar-refractivity contribution is 9.10. The second kappa shape index (κ2) is 7.08. The monoisotopic (exact) mass is 350 g/mol. The molecule has 0 saturated heterocycles. The molecule has 21 heavy (non-hydrogen) atoms. The molecule has 2 rings (SSSR count). The molecule has 6 heteroatoms. The minimum absolute atomic E-state index is 0.0590. The van der Waals surface area contributed by atoms with Crippen LogP contribution in [0.25, 0.3) is 0 Å². The van der Waals surface area contributed by atoms with E-state index in [-0.39, 0.29) is 5.69 Å². The number of hydrogen-bond acceptors (Lipinski definition) is 4. The third kappa shape index (κ3) is 4.19. The minimum Gasteiger partial charge on any atom is -0.494 e. The van der Waals surface area contributed by atoms with Crippen molar-refractivity contribution in [2.45, 2.75) is 13.5 Å². The van der Waals surface area contributed by atoms with E-state index in [1.54, 1.807) is 6.07 Å². The topological polar surface area (TPSA) is 64.4 Å². The zero-order chi connectivity index (χ0) is 15.2. The molecule has 0 atom stereocenters. The number of benzene rings is 2. The molecule has 110 valence electrons. The fraction of sp³-hybridized carbons (Fsp3) is 0.200. The molecule has 5 nitrogen and oxygen atoms in total. The summed E-state index contributed by atoms with van der Waals surface area (Å²) in [6, 6.07) is 12.4. The van der Waals surface area contributed by atoms with Crippen LogP contribution in [0.3, 0.4) is 0 Å². The van der Waals surface area contributed by atoms with Crippen LogP contribution in [-0.2, 0) is 6.54 Å². The van der Waals surface area contributed by atoms with Gasteiger partial charge in [-0.2, -0.15) is 0 Å². The highest BCUT2D eigenvalue weighted by atomic mass is 79.9. The third-order valence-corrected chi connectivity index (χ3v) is 3.54. The average Bonchev–Trinajstić information content (AvgIpc) is 2.47. The van der Waals surface area contributed by atoms with Gasteiger partial charge >= 0.3 is 0 Å². The average molecular weight is 351 g/mol. The number of rotatable bonds is 6. The number of hydrogen-bond donors (Lipinski definition) is 1. The van der Waals surface area contributed by atoms with Crippen LogP contribution in [0.2, 0.25) is 0 Å². The first kappa shape index (κ1) is 15.3. The molecule has 0 heterocycles. The van der Waals surface area contributed by atoms with Crippen molar-refractivity contribution < 1.29 is 9.66 Å². The summed E-state index contributed by atoms with van der Waals surface area (Å²) in [7, 11) is 0. The van der Waals surface area contributed by atoms with Crippen molar-refractivity contribution in [1.29, 1.82) is 0 Å². The van der Waals surface area contributed by atoms with Gasteiger partial charge in [0.25, 0.3) is 5.69 Å². The van der Waals surface area contributed by atoms with Gasteiger partial charge in [-0.15, -0.1) is 0 Å². The lowest BCUT2D eigenvalue weighted by Crippen LogP contribution is -2.01. The van der Waals surface area contributed by atoms with Crippen LogP contribution in [0, 0.1) is 10.1 Å². The van der Waals surface area contributed by atoms with Gasteiger partial charge in [0, 0.05) is 23.2 Å². The number of nitro benzene ring substituents is 1. The Hall–Kier alpha value is -2.08. The number of nitrogens with zero attached hydrogens (tertiary/aromatic N) is 1. The number of anilines is 1. The predicted molar refractivity (Wildman–Crippen MR) is 85.7 cm³/mol. The number of halogens is 1. The lowest BCUT2D eigenvalue weighted by Gasteiger charge is -2.10. The van der Waals surface area contributed by atoms with E-state index in [4.69, 9.17) is 4.74 Å². The lowest BCUT2D eigenvalue weighted by molar-refractivity contribution is -0.384. The summed E-state index contributed by atoms with van der Waals surface area (Å²) >= 11 is 3.38. The maximum atomic E-state index is 10.8. The molecule has 2 aromatic rings. The van der Waals surface area contributed by atoms with E-state index in [2.05, 4.69) is 21.2 Å². The molecule has 2 aromatic carbocycles. The Labute approximate surface area is 131 Å². The Kier molecular flexibility index (Phi) is 5.16. The van der Waals surface area contributed by atoms with Crippen LogP contribution in [-0.4, -0.2) is 11.5 Å². The van der Waals surface area contributed by atoms with E-state index in [0.29, 0.717) is 18.8 Å². The summed E-state index contributed by atoms with van der Waals surface area (Å²) in [6.07, 6.45) is 0. The van der Waals surface area contributed by atoms with E-state index < -0.39 is 4.92 Å². The van der Waals surface area contributed by atoms with Gasteiger partial charge in [0.1, 0.15) is 5.75 Å². The van der Waals surface area contributed by atoms with Gasteiger partial charge in [-0.05, 0) is 46.6 Å². The molecular formula is C15H15BrN2O3. The van der Waals surface area contributed by atoms with Gasteiger partial charge in [0.2, 0.25) is 0 Å². The van der Waals surface area contributed by atoms with Crippen molar-refractivity contribution >= 4 is 27.3 Å². The Bertz CT molecular complexity index is 647. The van der Waals surface area contributed by atoms with Crippen molar-refractivity contribution in [2.75, 3.05) is 11.9 Å². The van der Waals surface area contributed by atoms with Crippen molar-refractivity contribution in [2.24, 2.45) is 0 Å². The SMILES string of the molecule is CCOc1cccc(CNc2cc([N+](=O)[O-])ccc2Br)c1. The molecule has 0 saturated carbocycles. The van der Waals surface area contributed by atoms with Crippen molar-refractivity contribution in [3.63, 3.8) is 0 Å². The molecule has 0 spiro atoms. The van der Waals surface area contributed by atoms with Crippen molar-refractivity contribution in [3.05, 3.63) is 62.6 Å². The van der Waals surface area contributed by atoms with Gasteiger partial charge in [-0.25, -0.2) is 0 Å². The van der Waals surface area contributed by atoms with Crippen molar-refractivity contribution in [3.8, 4) is 5.75 Å². The maximum Gasteiger partial charge on any atom is 0.271 e. The summed E-state index contributed by atoms with van der Waals surface area (Å²) in [6.45, 7) is 3.11. The smallest absolute Gasteiger partial charge is 0.271 e. The molecule has 1 N–H and O–H groups in total. The highest BCUT2D eigenvalue weighted by Gasteiger charge is 2.09.